The van der Waals surface area contributed by atoms with Gasteiger partial charge in [0.15, 0.2) is 0 Å². The van der Waals surface area contributed by atoms with Gasteiger partial charge < -0.3 is 10.2 Å². The Morgan fingerprint density at radius 2 is 2.10 bits per heavy atom. The Morgan fingerprint density at radius 3 is 2.76 bits per heavy atom. The van der Waals surface area contributed by atoms with Crippen LogP contribution in [-0.2, 0) is 22.3 Å². The lowest BCUT2D eigenvalue weighted by atomic mass is 10.1. The summed E-state index contributed by atoms with van der Waals surface area (Å²) in [6.07, 6.45) is 1.07. The summed E-state index contributed by atoms with van der Waals surface area (Å²) in [6.45, 7) is 3.32. The van der Waals surface area contributed by atoms with Crippen LogP contribution in [0.2, 0.25) is 0 Å². The van der Waals surface area contributed by atoms with Gasteiger partial charge in [-0.1, -0.05) is 24.3 Å². The molecule has 1 fully saturated rings. The van der Waals surface area contributed by atoms with Crippen LogP contribution in [0.5, 0.6) is 0 Å². The fourth-order valence-corrected chi connectivity index (χ4v) is 3.95. The summed E-state index contributed by atoms with van der Waals surface area (Å²) in [7, 11) is 0.690. The van der Waals surface area contributed by atoms with Crippen LogP contribution in [0.3, 0.4) is 0 Å². The van der Waals surface area contributed by atoms with Crippen LogP contribution in [0.4, 0.5) is 0 Å². The molecule has 21 heavy (non-hydrogen) atoms. The van der Waals surface area contributed by atoms with E-state index in [-0.39, 0.29) is 5.75 Å². The molecule has 0 aromatic heterocycles. The predicted octanol–water partition coefficient (Wildman–Crippen LogP) is 0.777. The van der Waals surface area contributed by atoms with Crippen LogP contribution >= 0.6 is 0 Å². The monoisotopic (exact) mass is 311 g/mol. The van der Waals surface area contributed by atoms with E-state index in [1.807, 2.05) is 31.3 Å². The zero-order valence-corrected chi connectivity index (χ0v) is 13.6. The average molecular weight is 311 g/mol. The number of hydrogen-bond donors (Lipinski definition) is 2. The first kappa shape index (κ1) is 16.4. The molecule has 0 saturated carbocycles. The molecule has 1 aliphatic rings. The molecular weight excluding hydrogens is 286 g/mol. The molecule has 0 aliphatic carbocycles. The van der Waals surface area contributed by atoms with Crippen molar-refractivity contribution >= 4 is 10.0 Å². The summed E-state index contributed by atoms with van der Waals surface area (Å²) in [5, 5.41) is 3.07. The minimum absolute atomic E-state index is 0.0487. The van der Waals surface area contributed by atoms with Crippen molar-refractivity contribution in [3.05, 3.63) is 35.4 Å². The smallest absolute Gasteiger partial charge is 0.215 e. The van der Waals surface area contributed by atoms with Crippen molar-refractivity contribution in [2.75, 3.05) is 33.7 Å². The Morgan fingerprint density at radius 1 is 1.33 bits per heavy atom. The van der Waals surface area contributed by atoms with Crippen LogP contribution in [0.25, 0.3) is 0 Å². The van der Waals surface area contributed by atoms with Crippen molar-refractivity contribution in [1.29, 1.82) is 0 Å². The largest absolute Gasteiger partial charge is 0.316 e. The van der Waals surface area contributed by atoms with Crippen molar-refractivity contribution in [2.45, 2.75) is 18.7 Å². The quantitative estimate of drug-likeness (QED) is 0.781. The molecule has 1 atom stereocenters. The summed E-state index contributed by atoms with van der Waals surface area (Å²) in [4.78, 5) is 2.24. The van der Waals surface area contributed by atoms with E-state index < -0.39 is 10.0 Å². The van der Waals surface area contributed by atoms with Gasteiger partial charge in [0.2, 0.25) is 10.0 Å². The third kappa shape index (κ3) is 5.39. The Bertz CT molecular complexity index is 560. The molecule has 0 spiro atoms. The fourth-order valence-electron chi connectivity index (χ4n) is 2.74. The maximum Gasteiger partial charge on any atom is 0.215 e. The van der Waals surface area contributed by atoms with E-state index in [9.17, 15) is 8.42 Å². The minimum atomic E-state index is -3.26. The van der Waals surface area contributed by atoms with E-state index in [0.717, 1.165) is 37.2 Å². The van der Waals surface area contributed by atoms with Crippen LogP contribution in [0.1, 0.15) is 17.5 Å². The van der Waals surface area contributed by atoms with E-state index in [1.54, 1.807) is 0 Å². The van der Waals surface area contributed by atoms with Gasteiger partial charge in [-0.25, -0.2) is 13.1 Å². The molecular formula is C15H25N3O2S. The molecule has 118 valence electrons. The van der Waals surface area contributed by atoms with Gasteiger partial charge in [-0.15, -0.1) is 0 Å². The lowest BCUT2D eigenvalue weighted by Crippen LogP contribution is -2.31. The van der Waals surface area contributed by atoms with Gasteiger partial charge >= 0.3 is 0 Å². The molecule has 6 heteroatoms. The first-order chi connectivity index (χ1) is 9.98. The molecule has 1 unspecified atom stereocenters. The molecule has 1 saturated heterocycles. The second-order valence-corrected chi connectivity index (χ2v) is 7.68. The molecule has 1 aliphatic heterocycles. The highest BCUT2D eigenvalue weighted by Gasteiger charge is 2.21. The number of hydrogen-bond acceptors (Lipinski definition) is 4. The third-order valence-corrected chi connectivity index (χ3v) is 5.13. The summed E-state index contributed by atoms with van der Waals surface area (Å²) >= 11 is 0. The number of sulfonamides is 1. The van der Waals surface area contributed by atoms with Gasteiger partial charge in [0, 0.05) is 19.6 Å². The molecule has 0 amide bonds. The van der Waals surface area contributed by atoms with Gasteiger partial charge in [-0.05, 0) is 44.1 Å². The number of benzene rings is 1. The second-order valence-electron chi connectivity index (χ2n) is 5.87. The van der Waals surface area contributed by atoms with Crippen molar-refractivity contribution in [3.63, 3.8) is 0 Å². The molecule has 2 rings (SSSR count). The number of nitrogens with one attached hydrogen (secondary N) is 2. The zero-order chi connectivity index (χ0) is 15.3. The summed E-state index contributed by atoms with van der Waals surface area (Å²) < 4.78 is 27.1. The van der Waals surface area contributed by atoms with E-state index in [0.29, 0.717) is 12.5 Å². The van der Waals surface area contributed by atoms with E-state index in [4.69, 9.17) is 0 Å². The fraction of sp³-hybridized carbons (Fsp3) is 0.600. The minimum Gasteiger partial charge on any atom is -0.316 e. The first-order valence-electron chi connectivity index (χ1n) is 7.37. The van der Waals surface area contributed by atoms with Crippen LogP contribution in [0.15, 0.2) is 24.3 Å². The maximum atomic E-state index is 12.2. The van der Waals surface area contributed by atoms with Gasteiger partial charge in [0.05, 0.1) is 5.75 Å². The summed E-state index contributed by atoms with van der Waals surface area (Å²) in [5.74, 6) is 0.480. The Balaban J connectivity index is 1.89. The Hall–Kier alpha value is -0.950. The van der Waals surface area contributed by atoms with Crippen LogP contribution in [0, 0.1) is 5.92 Å². The zero-order valence-electron chi connectivity index (χ0n) is 12.8. The van der Waals surface area contributed by atoms with E-state index in [2.05, 4.69) is 22.0 Å². The van der Waals surface area contributed by atoms with Crippen molar-refractivity contribution in [1.82, 2.24) is 14.9 Å². The SMILES string of the molecule is CNCc1cccc(CS(=O)(=O)NCC2CCN(C)C2)c1. The van der Waals surface area contributed by atoms with Crippen LogP contribution < -0.4 is 10.0 Å². The highest BCUT2D eigenvalue weighted by molar-refractivity contribution is 7.88. The van der Waals surface area contributed by atoms with Gasteiger partial charge in [-0.3, -0.25) is 0 Å². The van der Waals surface area contributed by atoms with Crippen molar-refractivity contribution in [2.24, 2.45) is 5.92 Å². The topological polar surface area (TPSA) is 61.4 Å². The van der Waals surface area contributed by atoms with E-state index >= 15 is 0 Å². The standard InChI is InChI=1S/C15H25N3O2S/c1-16-9-13-4-3-5-14(8-13)12-21(19,20)17-10-15-6-7-18(2)11-15/h3-5,8,15-17H,6-7,9-12H2,1-2H3. The Labute approximate surface area is 127 Å². The van der Waals surface area contributed by atoms with E-state index in [1.165, 1.54) is 0 Å². The average Bonchev–Trinajstić information content (AvgIpc) is 2.83. The van der Waals surface area contributed by atoms with Gasteiger partial charge in [-0.2, -0.15) is 0 Å². The summed E-state index contributed by atoms with van der Waals surface area (Å²) in [6, 6.07) is 7.71. The molecule has 1 aromatic carbocycles. The first-order valence-corrected chi connectivity index (χ1v) is 9.02. The molecule has 1 aromatic rings. The molecule has 0 bridgehead atoms. The number of nitrogens with zero attached hydrogens (tertiary/aromatic N) is 1. The van der Waals surface area contributed by atoms with Crippen LogP contribution in [-0.4, -0.2) is 47.0 Å². The normalized spacial score (nSPS) is 20.0. The van der Waals surface area contributed by atoms with Gasteiger partial charge in [0.1, 0.15) is 0 Å². The maximum absolute atomic E-state index is 12.2. The number of rotatable bonds is 7. The molecule has 2 N–H and O–H groups in total. The molecule has 0 radical (unpaired) electrons. The second kappa shape index (κ2) is 7.35. The highest BCUT2D eigenvalue weighted by atomic mass is 32.2. The number of likely N-dealkylation sites (tertiary alicyclic amines) is 1. The lowest BCUT2D eigenvalue weighted by Gasteiger charge is -2.12. The van der Waals surface area contributed by atoms with Crippen molar-refractivity contribution < 1.29 is 8.42 Å². The van der Waals surface area contributed by atoms with Gasteiger partial charge in [0.25, 0.3) is 0 Å². The highest BCUT2D eigenvalue weighted by Crippen LogP contribution is 2.14. The molecule has 1 heterocycles. The van der Waals surface area contributed by atoms with Crippen molar-refractivity contribution in [3.8, 4) is 0 Å². The Kier molecular flexibility index (Phi) is 5.75. The predicted molar refractivity (Wildman–Crippen MR) is 85.4 cm³/mol. The third-order valence-electron chi connectivity index (χ3n) is 3.81. The molecule has 5 nitrogen and oxygen atoms in total. The lowest BCUT2D eigenvalue weighted by molar-refractivity contribution is 0.394. The summed E-state index contributed by atoms with van der Waals surface area (Å²) in [5.41, 5.74) is 1.93.